The van der Waals surface area contributed by atoms with Crippen LogP contribution in [-0.4, -0.2) is 15.0 Å². The molecule has 0 aliphatic heterocycles. The molecule has 3 aromatic heterocycles. The number of fused-ring (bicyclic) bond motifs is 4. The number of pyridine rings is 1. The maximum absolute atomic E-state index is 4.70. The highest BCUT2D eigenvalue weighted by atomic mass is 32.1. The SMILES string of the molecule is c1cc(-c2cc3sc4ccccc4c3cn2)c2ncncc2c1. The highest BCUT2D eigenvalue weighted by Gasteiger charge is 2.10. The summed E-state index contributed by atoms with van der Waals surface area (Å²) in [4.78, 5) is 13.2. The van der Waals surface area contributed by atoms with Gasteiger partial charge in [0.25, 0.3) is 0 Å². The lowest BCUT2D eigenvalue weighted by molar-refractivity contribution is 1.22. The second kappa shape index (κ2) is 4.83. The van der Waals surface area contributed by atoms with Crippen molar-refractivity contribution in [3.8, 4) is 11.3 Å². The Balaban J connectivity index is 1.81. The van der Waals surface area contributed by atoms with Crippen molar-refractivity contribution >= 4 is 42.4 Å². The lowest BCUT2D eigenvalue weighted by Gasteiger charge is -2.04. The van der Waals surface area contributed by atoms with Gasteiger partial charge in [0.2, 0.25) is 0 Å². The summed E-state index contributed by atoms with van der Waals surface area (Å²) >= 11 is 1.80. The number of nitrogens with zero attached hydrogens (tertiary/aromatic N) is 3. The van der Waals surface area contributed by atoms with Crippen LogP contribution in [-0.2, 0) is 0 Å². The van der Waals surface area contributed by atoms with Crippen molar-refractivity contribution in [2.75, 3.05) is 0 Å². The van der Waals surface area contributed by atoms with E-state index < -0.39 is 0 Å². The molecular weight excluding hydrogens is 302 g/mol. The number of para-hydroxylation sites is 1. The van der Waals surface area contributed by atoms with Crippen LogP contribution in [0.3, 0.4) is 0 Å². The van der Waals surface area contributed by atoms with Crippen LogP contribution < -0.4 is 0 Å². The van der Waals surface area contributed by atoms with Gasteiger partial charge >= 0.3 is 0 Å². The van der Waals surface area contributed by atoms with Crippen LogP contribution in [0, 0.1) is 0 Å². The minimum Gasteiger partial charge on any atom is -0.255 e. The van der Waals surface area contributed by atoms with Crippen molar-refractivity contribution in [3.05, 3.63) is 67.3 Å². The maximum Gasteiger partial charge on any atom is 0.116 e. The predicted molar refractivity (Wildman–Crippen MR) is 95.7 cm³/mol. The summed E-state index contributed by atoms with van der Waals surface area (Å²) in [5, 5.41) is 3.51. The molecule has 3 heterocycles. The minimum absolute atomic E-state index is 0.940. The van der Waals surface area contributed by atoms with Crippen molar-refractivity contribution in [3.63, 3.8) is 0 Å². The van der Waals surface area contributed by atoms with Crippen molar-refractivity contribution in [2.24, 2.45) is 0 Å². The van der Waals surface area contributed by atoms with Gasteiger partial charge in [-0.1, -0.05) is 36.4 Å². The van der Waals surface area contributed by atoms with Gasteiger partial charge in [-0.15, -0.1) is 11.3 Å². The van der Waals surface area contributed by atoms with Crippen molar-refractivity contribution in [1.82, 2.24) is 15.0 Å². The zero-order valence-electron chi connectivity index (χ0n) is 12.1. The molecular formula is C19H11N3S. The van der Waals surface area contributed by atoms with Gasteiger partial charge in [-0.3, -0.25) is 4.98 Å². The quantitative estimate of drug-likeness (QED) is 0.434. The third kappa shape index (κ3) is 1.92. The third-order valence-corrected chi connectivity index (χ3v) is 5.21. The predicted octanol–water partition coefficient (Wildman–Crippen LogP) is 5.06. The molecule has 0 fully saturated rings. The first-order valence-corrected chi connectivity index (χ1v) is 8.18. The Bertz CT molecular complexity index is 1170. The van der Waals surface area contributed by atoms with E-state index in [0.29, 0.717) is 0 Å². The van der Waals surface area contributed by atoms with Crippen LogP contribution in [0.4, 0.5) is 0 Å². The van der Waals surface area contributed by atoms with E-state index >= 15 is 0 Å². The Hall–Kier alpha value is -2.85. The van der Waals surface area contributed by atoms with Gasteiger partial charge in [0.15, 0.2) is 0 Å². The van der Waals surface area contributed by atoms with Gasteiger partial charge in [0.1, 0.15) is 6.33 Å². The average Bonchev–Trinajstić information content (AvgIpc) is 2.99. The first-order valence-electron chi connectivity index (χ1n) is 7.36. The van der Waals surface area contributed by atoms with Gasteiger partial charge in [-0.05, 0) is 12.1 Å². The summed E-state index contributed by atoms with van der Waals surface area (Å²) in [6, 6.07) is 16.7. The molecule has 0 radical (unpaired) electrons. The Morgan fingerprint density at radius 3 is 2.74 bits per heavy atom. The zero-order valence-corrected chi connectivity index (χ0v) is 12.9. The fourth-order valence-electron chi connectivity index (χ4n) is 2.99. The molecule has 0 atom stereocenters. The maximum atomic E-state index is 4.70. The molecule has 2 aromatic carbocycles. The van der Waals surface area contributed by atoms with Crippen LogP contribution in [0.15, 0.2) is 67.3 Å². The molecule has 108 valence electrons. The first-order chi connectivity index (χ1) is 11.4. The Labute approximate surface area is 136 Å². The topological polar surface area (TPSA) is 38.7 Å². The zero-order chi connectivity index (χ0) is 15.2. The first kappa shape index (κ1) is 12.7. The lowest BCUT2D eigenvalue weighted by Crippen LogP contribution is -1.88. The van der Waals surface area contributed by atoms with Crippen molar-refractivity contribution in [1.29, 1.82) is 0 Å². The molecule has 0 bridgehead atoms. The highest BCUT2D eigenvalue weighted by Crippen LogP contribution is 2.35. The molecule has 3 nitrogen and oxygen atoms in total. The molecule has 0 spiro atoms. The van der Waals surface area contributed by atoms with E-state index in [9.17, 15) is 0 Å². The van der Waals surface area contributed by atoms with Crippen LogP contribution in [0.5, 0.6) is 0 Å². The molecule has 0 aliphatic carbocycles. The van der Waals surface area contributed by atoms with Crippen LogP contribution in [0.1, 0.15) is 0 Å². The molecule has 5 rings (SSSR count). The van der Waals surface area contributed by atoms with Gasteiger partial charge in [-0.25, -0.2) is 9.97 Å². The Morgan fingerprint density at radius 1 is 0.783 bits per heavy atom. The van der Waals surface area contributed by atoms with Gasteiger partial charge in [0.05, 0.1) is 11.2 Å². The van der Waals surface area contributed by atoms with E-state index in [2.05, 4.69) is 46.4 Å². The average molecular weight is 313 g/mol. The van der Waals surface area contributed by atoms with Crippen LogP contribution in [0.2, 0.25) is 0 Å². The third-order valence-electron chi connectivity index (χ3n) is 4.07. The molecule has 5 aromatic rings. The lowest BCUT2D eigenvalue weighted by atomic mass is 10.1. The number of hydrogen-bond acceptors (Lipinski definition) is 4. The Morgan fingerprint density at radius 2 is 1.74 bits per heavy atom. The molecule has 0 saturated carbocycles. The standard InChI is InChI=1S/C19H11N3S/c1-2-7-17-13(5-1)15-10-21-16(8-18(15)23-17)14-6-3-4-12-9-20-11-22-19(12)14/h1-11H. The fourth-order valence-corrected chi connectivity index (χ4v) is 4.10. The number of hydrogen-bond donors (Lipinski definition) is 0. The molecule has 0 unspecified atom stereocenters. The van der Waals surface area contributed by atoms with Crippen LogP contribution >= 0.6 is 11.3 Å². The van der Waals surface area contributed by atoms with E-state index in [0.717, 1.165) is 22.2 Å². The smallest absolute Gasteiger partial charge is 0.116 e. The summed E-state index contributed by atoms with van der Waals surface area (Å²) in [5.41, 5.74) is 2.94. The van der Waals surface area contributed by atoms with E-state index in [1.165, 1.54) is 20.2 Å². The van der Waals surface area contributed by atoms with Gasteiger partial charge < -0.3 is 0 Å². The number of rotatable bonds is 1. The summed E-state index contributed by atoms with van der Waals surface area (Å²) < 4.78 is 2.55. The highest BCUT2D eigenvalue weighted by molar-refractivity contribution is 7.25. The number of aromatic nitrogens is 3. The largest absolute Gasteiger partial charge is 0.255 e. The summed E-state index contributed by atoms with van der Waals surface area (Å²) in [7, 11) is 0. The molecule has 23 heavy (non-hydrogen) atoms. The number of thiophene rings is 1. The molecule has 4 heteroatoms. The second-order valence-corrected chi connectivity index (χ2v) is 6.51. The summed E-state index contributed by atoms with van der Waals surface area (Å²) in [6.07, 6.45) is 5.40. The number of benzene rings is 2. The van der Waals surface area contributed by atoms with Crippen LogP contribution in [0.25, 0.3) is 42.3 Å². The molecule has 0 aliphatic rings. The summed E-state index contributed by atoms with van der Waals surface area (Å²) in [5.74, 6) is 0. The van der Waals surface area contributed by atoms with E-state index in [-0.39, 0.29) is 0 Å². The summed E-state index contributed by atoms with van der Waals surface area (Å²) in [6.45, 7) is 0. The van der Waals surface area contributed by atoms with E-state index in [4.69, 9.17) is 4.98 Å². The fraction of sp³-hybridized carbons (Fsp3) is 0. The molecule has 0 saturated heterocycles. The van der Waals surface area contributed by atoms with Crippen molar-refractivity contribution in [2.45, 2.75) is 0 Å². The van der Waals surface area contributed by atoms with Crippen molar-refractivity contribution < 1.29 is 0 Å². The van der Waals surface area contributed by atoms with Gasteiger partial charge in [0, 0.05) is 43.5 Å². The normalized spacial score (nSPS) is 11.5. The molecule has 0 amide bonds. The minimum atomic E-state index is 0.940. The molecule has 0 N–H and O–H groups in total. The Kier molecular flexibility index (Phi) is 2.66. The monoisotopic (exact) mass is 313 g/mol. The van der Waals surface area contributed by atoms with Gasteiger partial charge in [-0.2, -0.15) is 0 Å². The van der Waals surface area contributed by atoms with E-state index in [1.807, 2.05) is 24.5 Å². The second-order valence-electron chi connectivity index (χ2n) is 5.43. The van der Waals surface area contributed by atoms with E-state index in [1.54, 1.807) is 17.7 Å².